The summed E-state index contributed by atoms with van der Waals surface area (Å²) in [5.74, 6) is 1.48. The van der Waals surface area contributed by atoms with Crippen molar-refractivity contribution in [3.05, 3.63) is 48.5 Å². The zero-order valence-electron chi connectivity index (χ0n) is 13.7. The number of thiocarbonyl (C=S) groups is 1. The maximum Gasteiger partial charge on any atom is 0.178 e. The maximum absolute atomic E-state index is 8.93. The minimum Gasteiger partial charge on any atom is -0.497 e. The van der Waals surface area contributed by atoms with E-state index in [0.717, 1.165) is 17.1 Å². The third-order valence-corrected chi connectivity index (χ3v) is 3.73. The quantitative estimate of drug-likeness (QED) is 0.806. The van der Waals surface area contributed by atoms with Gasteiger partial charge in [0.25, 0.3) is 0 Å². The molecule has 0 aliphatic rings. The van der Waals surface area contributed by atoms with Gasteiger partial charge in [-0.3, -0.25) is 0 Å². The first-order valence-corrected chi connectivity index (χ1v) is 7.83. The van der Waals surface area contributed by atoms with Crippen LogP contribution in [0.4, 0.5) is 11.4 Å². The molecule has 0 amide bonds. The highest BCUT2D eigenvalue weighted by Gasteiger charge is 2.16. The average Bonchev–Trinajstić information content (AvgIpc) is 2.63. The van der Waals surface area contributed by atoms with E-state index in [0.29, 0.717) is 23.8 Å². The molecule has 1 N–H and O–H groups in total. The maximum atomic E-state index is 8.93. The van der Waals surface area contributed by atoms with Crippen LogP contribution in [0.25, 0.3) is 0 Å². The Morgan fingerprint density at radius 1 is 1.12 bits per heavy atom. The van der Waals surface area contributed by atoms with Crippen molar-refractivity contribution in [3.63, 3.8) is 0 Å². The predicted molar refractivity (Wildman–Crippen MR) is 99.8 cm³/mol. The van der Waals surface area contributed by atoms with Gasteiger partial charge in [0, 0.05) is 12.2 Å². The molecule has 0 radical (unpaired) electrons. The summed E-state index contributed by atoms with van der Waals surface area (Å²) in [6, 6.07) is 17.2. The van der Waals surface area contributed by atoms with E-state index in [1.165, 1.54) is 0 Å². The molecule has 0 aliphatic carbocycles. The SMILES string of the molecule is COc1ccc(NC(=S)N(CCC#N)c2ccccc2OC)cc1. The number of hydrogen-bond donors (Lipinski definition) is 1. The van der Waals surface area contributed by atoms with Gasteiger partial charge < -0.3 is 19.7 Å². The second kappa shape index (κ2) is 8.75. The Hall–Kier alpha value is -2.78. The van der Waals surface area contributed by atoms with E-state index >= 15 is 0 Å². The van der Waals surface area contributed by atoms with Crippen molar-refractivity contribution >= 4 is 28.7 Å². The van der Waals surface area contributed by atoms with Crippen LogP contribution in [0.15, 0.2) is 48.5 Å². The molecule has 124 valence electrons. The number of benzene rings is 2. The van der Waals surface area contributed by atoms with Gasteiger partial charge in [-0.25, -0.2) is 0 Å². The van der Waals surface area contributed by atoms with Gasteiger partial charge in [0.15, 0.2) is 5.11 Å². The van der Waals surface area contributed by atoms with Gasteiger partial charge >= 0.3 is 0 Å². The number of methoxy groups -OCH3 is 2. The first-order chi connectivity index (χ1) is 11.7. The molecule has 2 aromatic rings. The molecule has 6 heteroatoms. The number of nitrogens with zero attached hydrogens (tertiary/aromatic N) is 2. The van der Waals surface area contributed by atoms with Crippen molar-refractivity contribution in [2.45, 2.75) is 6.42 Å². The van der Waals surface area contributed by atoms with Gasteiger partial charge in [0.1, 0.15) is 11.5 Å². The molecule has 24 heavy (non-hydrogen) atoms. The highest BCUT2D eigenvalue weighted by atomic mass is 32.1. The molecule has 2 aromatic carbocycles. The third-order valence-electron chi connectivity index (χ3n) is 3.41. The van der Waals surface area contributed by atoms with Crippen LogP contribution >= 0.6 is 12.2 Å². The predicted octanol–water partition coefficient (Wildman–Crippen LogP) is 3.82. The smallest absolute Gasteiger partial charge is 0.178 e. The summed E-state index contributed by atoms with van der Waals surface area (Å²) in [7, 11) is 3.24. The van der Waals surface area contributed by atoms with E-state index in [2.05, 4.69) is 11.4 Å². The molecule has 0 saturated heterocycles. The molecule has 0 unspecified atom stereocenters. The molecule has 0 bridgehead atoms. The van der Waals surface area contributed by atoms with Gasteiger partial charge in [-0.15, -0.1) is 0 Å². The number of rotatable bonds is 6. The molecule has 0 heterocycles. The van der Waals surface area contributed by atoms with Crippen LogP contribution < -0.4 is 19.7 Å². The number of ether oxygens (including phenoxy) is 2. The second-order valence-electron chi connectivity index (χ2n) is 4.89. The minimum atomic E-state index is 0.350. The van der Waals surface area contributed by atoms with Crippen molar-refractivity contribution in [2.24, 2.45) is 0 Å². The van der Waals surface area contributed by atoms with Gasteiger partial charge in [-0.1, -0.05) is 12.1 Å². The topological polar surface area (TPSA) is 57.5 Å². The number of para-hydroxylation sites is 2. The lowest BCUT2D eigenvalue weighted by molar-refractivity contribution is 0.415. The Kier molecular flexibility index (Phi) is 6.41. The fourth-order valence-electron chi connectivity index (χ4n) is 2.21. The van der Waals surface area contributed by atoms with E-state index in [9.17, 15) is 0 Å². The van der Waals surface area contributed by atoms with Crippen molar-refractivity contribution in [1.29, 1.82) is 5.26 Å². The molecule has 0 fully saturated rings. The second-order valence-corrected chi connectivity index (χ2v) is 5.28. The molecule has 2 rings (SSSR count). The van der Waals surface area contributed by atoms with Crippen LogP contribution in [0, 0.1) is 11.3 Å². The summed E-state index contributed by atoms with van der Waals surface area (Å²) < 4.78 is 10.6. The highest BCUT2D eigenvalue weighted by molar-refractivity contribution is 7.80. The van der Waals surface area contributed by atoms with Crippen LogP contribution in [0.5, 0.6) is 11.5 Å². The van der Waals surface area contributed by atoms with Crippen LogP contribution in [-0.4, -0.2) is 25.9 Å². The summed E-state index contributed by atoms with van der Waals surface area (Å²) in [6.45, 7) is 0.471. The lowest BCUT2D eigenvalue weighted by Crippen LogP contribution is -2.35. The molecule has 0 aromatic heterocycles. The normalized spacial score (nSPS) is 9.71. The third kappa shape index (κ3) is 4.37. The van der Waals surface area contributed by atoms with E-state index in [1.807, 2.05) is 53.4 Å². The summed E-state index contributed by atoms with van der Waals surface area (Å²) in [6.07, 6.45) is 0.350. The monoisotopic (exact) mass is 341 g/mol. The van der Waals surface area contributed by atoms with E-state index in [1.54, 1.807) is 14.2 Å². The Morgan fingerprint density at radius 3 is 2.46 bits per heavy atom. The molecule has 0 spiro atoms. The van der Waals surface area contributed by atoms with Crippen molar-refractivity contribution < 1.29 is 9.47 Å². The number of anilines is 2. The summed E-state index contributed by atoms with van der Waals surface area (Å²) in [5.41, 5.74) is 1.67. The van der Waals surface area contributed by atoms with Crippen LogP contribution in [0.1, 0.15) is 6.42 Å². The van der Waals surface area contributed by atoms with E-state index in [4.69, 9.17) is 27.0 Å². The molecule has 5 nitrogen and oxygen atoms in total. The molecular formula is C18H19N3O2S. The number of nitrogens with one attached hydrogen (secondary N) is 1. The number of nitriles is 1. The fraction of sp³-hybridized carbons (Fsp3) is 0.222. The standard InChI is InChI=1S/C18H19N3O2S/c1-22-15-10-8-14(9-11-15)20-18(24)21(13-5-12-19)16-6-3-4-7-17(16)23-2/h3-4,6-11H,5,13H2,1-2H3,(H,20,24). The Labute approximate surface area is 147 Å². The molecular weight excluding hydrogens is 322 g/mol. The van der Waals surface area contributed by atoms with Crippen molar-refractivity contribution in [2.75, 3.05) is 31.0 Å². The minimum absolute atomic E-state index is 0.350. The molecule has 0 saturated carbocycles. The van der Waals surface area contributed by atoms with Crippen LogP contribution in [-0.2, 0) is 0 Å². The molecule has 0 atom stereocenters. The van der Waals surface area contributed by atoms with Crippen LogP contribution in [0.2, 0.25) is 0 Å². The summed E-state index contributed by atoms with van der Waals surface area (Å²) >= 11 is 5.54. The largest absolute Gasteiger partial charge is 0.497 e. The van der Waals surface area contributed by atoms with Crippen molar-refractivity contribution in [1.82, 2.24) is 0 Å². The summed E-state index contributed by atoms with van der Waals surface area (Å²) in [4.78, 5) is 1.86. The first-order valence-electron chi connectivity index (χ1n) is 7.42. The number of hydrogen-bond acceptors (Lipinski definition) is 4. The molecule has 0 aliphatic heterocycles. The Bertz CT molecular complexity index is 726. The lowest BCUT2D eigenvalue weighted by atomic mass is 10.2. The van der Waals surface area contributed by atoms with Gasteiger partial charge in [0.05, 0.1) is 32.4 Å². The average molecular weight is 341 g/mol. The van der Waals surface area contributed by atoms with Gasteiger partial charge in [0.2, 0.25) is 0 Å². The lowest BCUT2D eigenvalue weighted by Gasteiger charge is -2.26. The van der Waals surface area contributed by atoms with Crippen LogP contribution in [0.3, 0.4) is 0 Å². The van der Waals surface area contributed by atoms with Gasteiger partial charge in [-0.05, 0) is 48.6 Å². The Morgan fingerprint density at radius 2 is 1.83 bits per heavy atom. The highest BCUT2D eigenvalue weighted by Crippen LogP contribution is 2.28. The zero-order valence-corrected chi connectivity index (χ0v) is 14.5. The van der Waals surface area contributed by atoms with E-state index in [-0.39, 0.29) is 0 Å². The first kappa shape index (κ1) is 17.6. The zero-order chi connectivity index (χ0) is 17.4. The summed E-state index contributed by atoms with van der Waals surface area (Å²) in [5, 5.41) is 12.6. The fourth-order valence-corrected chi connectivity index (χ4v) is 2.52. The van der Waals surface area contributed by atoms with Crippen molar-refractivity contribution in [3.8, 4) is 17.6 Å². The van der Waals surface area contributed by atoms with Gasteiger partial charge in [-0.2, -0.15) is 5.26 Å². The Balaban J connectivity index is 2.23. The van der Waals surface area contributed by atoms with E-state index < -0.39 is 0 Å².